The molecule has 1 saturated heterocycles. The zero-order valence-corrected chi connectivity index (χ0v) is 12.5. The summed E-state index contributed by atoms with van der Waals surface area (Å²) in [6.07, 6.45) is 0.282. The number of aromatic hydroxyl groups is 1. The molecule has 7 heteroatoms. The van der Waals surface area contributed by atoms with E-state index in [0.717, 1.165) is 11.8 Å². The molecule has 6 nitrogen and oxygen atoms in total. The van der Waals surface area contributed by atoms with Gasteiger partial charge in [0.25, 0.3) is 0 Å². The van der Waals surface area contributed by atoms with E-state index < -0.39 is 5.97 Å². The van der Waals surface area contributed by atoms with E-state index in [1.807, 2.05) is 0 Å². The number of rotatable bonds is 3. The molecular weight excluding hydrogens is 294 g/mol. The van der Waals surface area contributed by atoms with Crippen LogP contribution in [0.2, 0.25) is 0 Å². The Labute approximate surface area is 126 Å². The zero-order valence-electron chi connectivity index (χ0n) is 11.7. The van der Waals surface area contributed by atoms with Crippen molar-refractivity contribution >= 4 is 34.4 Å². The van der Waals surface area contributed by atoms with Crippen molar-refractivity contribution in [2.24, 2.45) is 0 Å². The minimum atomic E-state index is -0.642. The van der Waals surface area contributed by atoms with E-state index in [1.165, 1.54) is 31.1 Å². The Bertz CT molecular complexity index is 601. The van der Waals surface area contributed by atoms with Crippen LogP contribution >= 0.6 is 11.8 Å². The average molecular weight is 309 g/mol. The van der Waals surface area contributed by atoms with Crippen LogP contribution in [0.15, 0.2) is 18.2 Å². The van der Waals surface area contributed by atoms with Gasteiger partial charge in [0.15, 0.2) is 5.12 Å². The lowest BCUT2D eigenvalue weighted by atomic mass is 10.1. The van der Waals surface area contributed by atoms with Gasteiger partial charge >= 0.3 is 5.97 Å². The maximum atomic E-state index is 12.0. The fraction of sp³-hybridized carbons (Fsp3) is 0.357. The van der Waals surface area contributed by atoms with Crippen molar-refractivity contribution in [2.45, 2.75) is 18.6 Å². The molecule has 112 valence electrons. The summed E-state index contributed by atoms with van der Waals surface area (Å²) in [6, 6.07) is 4.34. The first-order chi connectivity index (χ1) is 9.92. The van der Waals surface area contributed by atoms with Gasteiger partial charge in [-0.15, -0.1) is 0 Å². The van der Waals surface area contributed by atoms with Crippen molar-refractivity contribution in [3.05, 3.63) is 23.8 Å². The SMILES string of the molecule is COC(=O)c1ccc(N2CC(SC(C)=O)CC2=O)cc1O. The number of benzene rings is 1. The number of amides is 1. The minimum Gasteiger partial charge on any atom is -0.507 e. The zero-order chi connectivity index (χ0) is 15.6. The van der Waals surface area contributed by atoms with Gasteiger partial charge in [0.1, 0.15) is 11.3 Å². The second-order valence-corrected chi connectivity index (χ2v) is 6.11. The van der Waals surface area contributed by atoms with Crippen LogP contribution < -0.4 is 4.90 Å². The summed E-state index contributed by atoms with van der Waals surface area (Å²) < 4.78 is 4.54. The first-order valence-electron chi connectivity index (χ1n) is 6.31. The molecular formula is C14H15NO5S. The van der Waals surface area contributed by atoms with Gasteiger partial charge in [0.2, 0.25) is 5.91 Å². The van der Waals surface area contributed by atoms with E-state index in [9.17, 15) is 19.5 Å². The minimum absolute atomic E-state index is 0.0291. The number of methoxy groups -OCH3 is 1. The molecule has 2 rings (SSSR count). The molecule has 0 radical (unpaired) electrons. The van der Waals surface area contributed by atoms with Crippen LogP contribution in [0.25, 0.3) is 0 Å². The second-order valence-electron chi connectivity index (χ2n) is 4.63. The van der Waals surface area contributed by atoms with Gasteiger partial charge in [-0.25, -0.2) is 4.79 Å². The maximum absolute atomic E-state index is 12.0. The Kier molecular flexibility index (Phi) is 4.52. The molecule has 1 fully saturated rings. The molecule has 1 aromatic carbocycles. The lowest BCUT2D eigenvalue weighted by Gasteiger charge is -2.17. The Balaban J connectivity index is 2.19. The standard InChI is InChI=1S/C14H15NO5S/c1-8(16)21-10-6-13(18)15(7-10)9-3-4-11(12(17)5-9)14(19)20-2/h3-5,10,17H,6-7H2,1-2H3. The molecule has 1 amide bonds. The van der Waals surface area contributed by atoms with Gasteiger partial charge in [-0.3, -0.25) is 9.59 Å². The number of carbonyl (C=O) groups is 3. The van der Waals surface area contributed by atoms with E-state index in [2.05, 4.69) is 4.74 Å². The second kappa shape index (κ2) is 6.17. The van der Waals surface area contributed by atoms with Crippen molar-refractivity contribution in [1.82, 2.24) is 0 Å². The fourth-order valence-corrected chi connectivity index (χ4v) is 3.13. The van der Waals surface area contributed by atoms with Crippen molar-refractivity contribution in [3.63, 3.8) is 0 Å². The predicted molar refractivity (Wildman–Crippen MR) is 78.5 cm³/mol. The molecule has 0 aromatic heterocycles. The number of phenolic OH excluding ortho intramolecular Hbond substituents is 1. The van der Waals surface area contributed by atoms with Crippen molar-refractivity contribution < 1.29 is 24.2 Å². The highest BCUT2D eigenvalue weighted by Crippen LogP contribution is 2.31. The Morgan fingerprint density at radius 3 is 2.71 bits per heavy atom. The van der Waals surface area contributed by atoms with Crippen LogP contribution in [0.5, 0.6) is 5.75 Å². The monoisotopic (exact) mass is 309 g/mol. The number of esters is 1. The summed E-state index contributed by atoms with van der Waals surface area (Å²) in [5, 5.41) is 9.74. The quantitative estimate of drug-likeness (QED) is 0.853. The first kappa shape index (κ1) is 15.4. The largest absolute Gasteiger partial charge is 0.507 e. The summed E-state index contributed by atoms with van der Waals surface area (Å²) >= 11 is 1.14. The summed E-state index contributed by atoms with van der Waals surface area (Å²) in [5.74, 6) is -0.995. The molecule has 1 atom stereocenters. The number of carbonyl (C=O) groups excluding carboxylic acids is 3. The van der Waals surface area contributed by atoms with Crippen LogP contribution in [0.4, 0.5) is 5.69 Å². The Morgan fingerprint density at radius 2 is 2.14 bits per heavy atom. The summed E-state index contributed by atoms with van der Waals surface area (Å²) in [6.45, 7) is 1.87. The van der Waals surface area contributed by atoms with E-state index in [4.69, 9.17) is 0 Å². The van der Waals surface area contributed by atoms with Crippen molar-refractivity contribution in [2.75, 3.05) is 18.6 Å². The topological polar surface area (TPSA) is 83.9 Å². The highest BCUT2D eigenvalue weighted by molar-refractivity contribution is 8.14. The summed E-state index contributed by atoms with van der Waals surface area (Å²) in [7, 11) is 1.23. The average Bonchev–Trinajstić information content (AvgIpc) is 2.77. The molecule has 0 bridgehead atoms. The molecule has 0 saturated carbocycles. The van der Waals surface area contributed by atoms with Gasteiger partial charge < -0.3 is 14.7 Å². The third-order valence-electron chi connectivity index (χ3n) is 3.12. The smallest absolute Gasteiger partial charge is 0.341 e. The lowest BCUT2D eigenvalue weighted by Crippen LogP contribution is -2.25. The molecule has 0 aliphatic carbocycles. The van der Waals surface area contributed by atoms with E-state index >= 15 is 0 Å². The fourth-order valence-electron chi connectivity index (χ4n) is 2.21. The van der Waals surface area contributed by atoms with E-state index in [1.54, 1.807) is 6.07 Å². The first-order valence-corrected chi connectivity index (χ1v) is 7.19. The summed E-state index contributed by atoms with van der Waals surface area (Å²) in [4.78, 5) is 36.0. The molecule has 0 spiro atoms. The van der Waals surface area contributed by atoms with Crippen LogP contribution in [0, 0.1) is 0 Å². The maximum Gasteiger partial charge on any atom is 0.341 e. The van der Waals surface area contributed by atoms with Crippen molar-refractivity contribution in [1.29, 1.82) is 0 Å². The molecule has 1 aliphatic heterocycles. The normalized spacial score (nSPS) is 17.9. The number of hydrogen-bond acceptors (Lipinski definition) is 6. The summed E-state index contributed by atoms with van der Waals surface area (Å²) in [5.41, 5.74) is 0.541. The van der Waals surface area contributed by atoms with Gasteiger partial charge in [-0.2, -0.15) is 0 Å². The highest BCUT2D eigenvalue weighted by Gasteiger charge is 2.32. The number of phenols is 1. The molecule has 1 heterocycles. The number of thioether (sulfide) groups is 1. The molecule has 1 unspecified atom stereocenters. The molecule has 1 aromatic rings. The van der Waals surface area contributed by atoms with Gasteiger partial charge in [-0.1, -0.05) is 11.8 Å². The Hall–Kier alpha value is -2.02. The number of hydrogen-bond donors (Lipinski definition) is 1. The molecule has 21 heavy (non-hydrogen) atoms. The number of ether oxygens (including phenoxy) is 1. The van der Waals surface area contributed by atoms with Crippen LogP contribution in [0.1, 0.15) is 23.7 Å². The predicted octanol–water partition coefficient (Wildman–Crippen LogP) is 1.56. The third kappa shape index (κ3) is 3.36. The Morgan fingerprint density at radius 1 is 1.43 bits per heavy atom. The number of anilines is 1. The number of nitrogens with zero attached hydrogens (tertiary/aromatic N) is 1. The van der Waals surface area contributed by atoms with Crippen LogP contribution in [0.3, 0.4) is 0 Å². The highest BCUT2D eigenvalue weighted by atomic mass is 32.2. The molecule has 1 aliphatic rings. The molecule has 1 N–H and O–H groups in total. The van der Waals surface area contributed by atoms with Gasteiger partial charge in [0.05, 0.1) is 7.11 Å². The van der Waals surface area contributed by atoms with Crippen molar-refractivity contribution in [3.8, 4) is 5.75 Å². The third-order valence-corrected chi connectivity index (χ3v) is 4.10. The van der Waals surface area contributed by atoms with E-state index in [-0.39, 0.29) is 34.0 Å². The van der Waals surface area contributed by atoms with Crippen LogP contribution in [-0.2, 0) is 14.3 Å². The van der Waals surface area contributed by atoms with Gasteiger partial charge in [0, 0.05) is 36.9 Å². The lowest BCUT2D eigenvalue weighted by molar-refractivity contribution is -0.117. The van der Waals surface area contributed by atoms with Gasteiger partial charge in [-0.05, 0) is 12.1 Å². The van der Waals surface area contributed by atoms with E-state index in [0.29, 0.717) is 12.2 Å². The van der Waals surface area contributed by atoms with Crippen LogP contribution in [-0.4, -0.2) is 41.0 Å².